The third kappa shape index (κ3) is 3.93. The van der Waals surface area contributed by atoms with E-state index in [2.05, 4.69) is 12.1 Å². The molecule has 104 valence electrons. The number of hydrogen-bond acceptors (Lipinski definition) is 2. The van der Waals surface area contributed by atoms with Gasteiger partial charge in [-0.15, -0.1) is 0 Å². The number of nitrogens with two attached hydrogens (primary N) is 1. The Labute approximate surface area is 119 Å². The van der Waals surface area contributed by atoms with Crippen LogP contribution in [0.4, 0.5) is 0 Å². The van der Waals surface area contributed by atoms with Gasteiger partial charge in [0.2, 0.25) is 6.04 Å². The van der Waals surface area contributed by atoms with E-state index in [1.165, 1.54) is 5.56 Å². The highest BCUT2D eigenvalue weighted by molar-refractivity contribution is 5.75. The number of benzene rings is 2. The molecule has 2 aromatic rings. The second-order valence-electron chi connectivity index (χ2n) is 4.57. The average molecular weight is 270 g/mol. The number of hydrogen-bond donors (Lipinski definition) is 1. The van der Waals surface area contributed by atoms with E-state index >= 15 is 0 Å². The van der Waals surface area contributed by atoms with E-state index < -0.39 is 0 Å². The first-order valence-corrected chi connectivity index (χ1v) is 6.90. The van der Waals surface area contributed by atoms with Crippen LogP contribution in [-0.2, 0) is 16.1 Å². The van der Waals surface area contributed by atoms with Crippen LogP contribution in [-0.4, -0.2) is 12.6 Å². The van der Waals surface area contributed by atoms with Gasteiger partial charge in [-0.3, -0.25) is 0 Å². The van der Waals surface area contributed by atoms with Crippen molar-refractivity contribution >= 4 is 5.97 Å². The molecule has 0 aromatic heterocycles. The number of rotatable bonds is 6. The van der Waals surface area contributed by atoms with Crippen molar-refractivity contribution in [3.05, 3.63) is 71.8 Å². The molecule has 2 N–H and O–H groups in total. The Kier molecular flexibility index (Phi) is 5.33. The molecule has 0 heterocycles. The largest absolute Gasteiger partial charge is 0.461 e. The molecule has 20 heavy (non-hydrogen) atoms. The molecular weight excluding hydrogens is 250 g/mol. The Morgan fingerprint density at radius 3 is 2.25 bits per heavy atom. The van der Waals surface area contributed by atoms with Crippen molar-refractivity contribution in [2.24, 2.45) is 0 Å². The van der Waals surface area contributed by atoms with Gasteiger partial charge in [0.1, 0.15) is 6.54 Å². The van der Waals surface area contributed by atoms with Crippen LogP contribution in [0.1, 0.15) is 24.1 Å². The average Bonchev–Trinajstić information content (AvgIpc) is 2.50. The van der Waals surface area contributed by atoms with Crippen LogP contribution in [0.2, 0.25) is 0 Å². The van der Waals surface area contributed by atoms with Crippen LogP contribution in [0.5, 0.6) is 0 Å². The summed E-state index contributed by atoms with van der Waals surface area (Å²) in [6, 6.07) is 19.6. The highest BCUT2D eigenvalue weighted by Crippen LogP contribution is 2.10. The minimum atomic E-state index is -0.309. The molecule has 0 aliphatic rings. The van der Waals surface area contributed by atoms with E-state index in [4.69, 9.17) is 4.74 Å². The van der Waals surface area contributed by atoms with Gasteiger partial charge in [-0.05, 0) is 6.92 Å². The highest BCUT2D eigenvalue weighted by Gasteiger charge is 2.25. The number of esters is 1. The van der Waals surface area contributed by atoms with E-state index in [9.17, 15) is 4.79 Å². The van der Waals surface area contributed by atoms with E-state index in [-0.39, 0.29) is 12.0 Å². The Morgan fingerprint density at radius 1 is 1.05 bits per heavy atom. The first-order chi connectivity index (χ1) is 9.81. The van der Waals surface area contributed by atoms with Crippen molar-refractivity contribution in [1.29, 1.82) is 0 Å². The molecule has 0 unspecified atom stereocenters. The lowest BCUT2D eigenvalue weighted by molar-refractivity contribution is -0.699. The molecule has 0 bridgehead atoms. The predicted molar refractivity (Wildman–Crippen MR) is 77.9 cm³/mol. The van der Waals surface area contributed by atoms with Crippen molar-refractivity contribution < 1.29 is 14.8 Å². The van der Waals surface area contributed by atoms with Crippen LogP contribution in [0.15, 0.2) is 60.7 Å². The molecule has 0 saturated carbocycles. The van der Waals surface area contributed by atoms with Crippen LogP contribution in [0, 0.1) is 0 Å². The third-order valence-corrected chi connectivity index (χ3v) is 3.13. The molecule has 0 saturated heterocycles. The molecule has 2 aromatic carbocycles. The minimum absolute atomic E-state index is 0.186. The van der Waals surface area contributed by atoms with Crippen molar-refractivity contribution in [2.75, 3.05) is 6.61 Å². The lowest BCUT2D eigenvalue weighted by Crippen LogP contribution is -2.85. The summed E-state index contributed by atoms with van der Waals surface area (Å²) in [6.07, 6.45) is 0. The van der Waals surface area contributed by atoms with Gasteiger partial charge in [-0.25, -0.2) is 4.79 Å². The summed E-state index contributed by atoms with van der Waals surface area (Å²) in [5.41, 5.74) is 2.17. The molecule has 0 radical (unpaired) electrons. The normalized spacial score (nSPS) is 11.8. The molecule has 3 nitrogen and oxygen atoms in total. The molecule has 0 spiro atoms. The van der Waals surface area contributed by atoms with E-state index in [0.717, 1.165) is 12.1 Å². The predicted octanol–water partition coefficient (Wildman–Crippen LogP) is 2.05. The first kappa shape index (κ1) is 14.3. The van der Waals surface area contributed by atoms with Crippen molar-refractivity contribution in [1.82, 2.24) is 0 Å². The molecule has 0 aliphatic heterocycles. The first-order valence-electron chi connectivity index (χ1n) is 6.90. The number of carbonyl (C=O) groups excluding carboxylic acids is 1. The summed E-state index contributed by atoms with van der Waals surface area (Å²) in [5.74, 6) is -0.186. The van der Waals surface area contributed by atoms with Gasteiger partial charge in [0, 0.05) is 11.1 Å². The van der Waals surface area contributed by atoms with Crippen molar-refractivity contribution in [3.8, 4) is 0 Å². The van der Waals surface area contributed by atoms with Gasteiger partial charge in [0.25, 0.3) is 0 Å². The molecule has 0 aliphatic carbocycles. The number of ether oxygens (including phenoxy) is 1. The second-order valence-corrected chi connectivity index (χ2v) is 4.57. The fourth-order valence-electron chi connectivity index (χ4n) is 2.13. The van der Waals surface area contributed by atoms with Gasteiger partial charge in [-0.1, -0.05) is 60.7 Å². The maximum Gasteiger partial charge on any atom is 0.369 e. The van der Waals surface area contributed by atoms with E-state index in [1.807, 2.05) is 60.8 Å². The zero-order chi connectivity index (χ0) is 14.2. The van der Waals surface area contributed by atoms with Gasteiger partial charge < -0.3 is 10.1 Å². The van der Waals surface area contributed by atoms with Crippen LogP contribution >= 0.6 is 0 Å². The highest BCUT2D eigenvalue weighted by atomic mass is 16.5. The smallest absolute Gasteiger partial charge is 0.369 e. The molecule has 3 heteroatoms. The minimum Gasteiger partial charge on any atom is -0.461 e. The molecule has 0 fully saturated rings. The maximum atomic E-state index is 12.1. The second kappa shape index (κ2) is 7.46. The molecule has 0 amide bonds. The van der Waals surface area contributed by atoms with Gasteiger partial charge in [0.05, 0.1) is 6.61 Å². The van der Waals surface area contributed by atoms with Crippen molar-refractivity contribution in [3.63, 3.8) is 0 Å². The summed E-state index contributed by atoms with van der Waals surface area (Å²) in [4.78, 5) is 12.1. The fourth-order valence-corrected chi connectivity index (χ4v) is 2.13. The Morgan fingerprint density at radius 2 is 1.65 bits per heavy atom. The molecular formula is C17H20NO2+. The molecule has 2 rings (SSSR count). The van der Waals surface area contributed by atoms with Crippen molar-refractivity contribution in [2.45, 2.75) is 19.5 Å². The zero-order valence-electron chi connectivity index (χ0n) is 11.7. The van der Waals surface area contributed by atoms with Gasteiger partial charge in [0.15, 0.2) is 0 Å². The summed E-state index contributed by atoms with van der Waals surface area (Å²) in [5, 5.41) is 2.02. The number of carbonyl (C=O) groups is 1. The quantitative estimate of drug-likeness (QED) is 0.816. The third-order valence-electron chi connectivity index (χ3n) is 3.13. The van der Waals surface area contributed by atoms with Crippen LogP contribution in [0.3, 0.4) is 0 Å². The fraction of sp³-hybridized carbons (Fsp3) is 0.235. The molecule has 1 atom stereocenters. The monoisotopic (exact) mass is 270 g/mol. The Hall–Kier alpha value is -2.13. The van der Waals surface area contributed by atoms with E-state index in [0.29, 0.717) is 6.61 Å². The Bertz CT molecular complexity index is 525. The SMILES string of the molecule is CCOC(=O)[C@H]([NH2+]Cc1ccccc1)c1ccccc1. The topological polar surface area (TPSA) is 42.9 Å². The summed E-state index contributed by atoms with van der Waals surface area (Å²) in [7, 11) is 0. The zero-order valence-corrected chi connectivity index (χ0v) is 11.7. The van der Waals surface area contributed by atoms with Gasteiger partial charge >= 0.3 is 5.97 Å². The van der Waals surface area contributed by atoms with E-state index in [1.54, 1.807) is 0 Å². The lowest BCUT2D eigenvalue weighted by atomic mass is 10.1. The standard InChI is InChI=1S/C17H19NO2/c1-2-20-17(19)16(15-11-7-4-8-12-15)18-13-14-9-5-3-6-10-14/h3-12,16,18H,2,13H2,1H3/p+1/t16-/m1/s1. The lowest BCUT2D eigenvalue weighted by Gasteiger charge is -2.14. The summed E-state index contributed by atoms with van der Waals surface area (Å²) >= 11 is 0. The van der Waals surface area contributed by atoms with Crippen LogP contribution in [0.25, 0.3) is 0 Å². The number of quaternary nitrogens is 1. The maximum absolute atomic E-state index is 12.1. The summed E-state index contributed by atoms with van der Waals surface area (Å²) in [6.45, 7) is 2.98. The van der Waals surface area contributed by atoms with Crippen LogP contribution < -0.4 is 5.32 Å². The Balaban J connectivity index is 2.09. The summed E-state index contributed by atoms with van der Waals surface area (Å²) < 4.78 is 5.18. The van der Waals surface area contributed by atoms with Gasteiger partial charge in [-0.2, -0.15) is 0 Å².